The normalized spacial score (nSPS) is 11.2. The first kappa shape index (κ1) is 23.8. The van der Waals surface area contributed by atoms with Crippen LogP contribution in [0.3, 0.4) is 0 Å². The second-order valence-electron chi connectivity index (χ2n) is 7.87. The molecule has 1 amide bonds. The van der Waals surface area contributed by atoms with E-state index in [4.69, 9.17) is 9.47 Å². The molecule has 0 bridgehead atoms. The van der Waals surface area contributed by atoms with Crippen LogP contribution in [0.5, 0.6) is 5.75 Å². The van der Waals surface area contributed by atoms with E-state index in [1.54, 1.807) is 50.2 Å². The molecule has 2 heterocycles. The van der Waals surface area contributed by atoms with Crippen molar-refractivity contribution in [3.8, 4) is 17.0 Å². The van der Waals surface area contributed by atoms with Gasteiger partial charge >= 0.3 is 5.97 Å². The third-order valence-corrected chi connectivity index (χ3v) is 5.07. The van der Waals surface area contributed by atoms with Crippen LogP contribution in [-0.4, -0.2) is 39.7 Å². The minimum atomic E-state index is -2.84. The van der Waals surface area contributed by atoms with E-state index in [1.165, 1.54) is 31.5 Å². The molecular weight excluding hydrogens is 458 g/mol. The number of halogens is 2. The SMILES string of the molecule is COc1ccc(-c2cc(C(F)F)n3ncc(C(=O)Nc4ccc(C(=O)OC(C)C)cc4)c3n2)cc1. The number of aromatic nitrogens is 3. The molecule has 0 radical (unpaired) electrons. The number of benzene rings is 2. The molecule has 0 spiro atoms. The molecule has 0 saturated carbocycles. The number of hydrogen-bond donors (Lipinski definition) is 1. The van der Waals surface area contributed by atoms with E-state index >= 15 is 0 Å². The van der Waals surface area contributed by atoms with Crippen molar-refractivity contribution < 1.29 is 27.8 Å². The van der Waals surface area contributed by atoms with E-state index in [2.05, 4.69) is 15.4 Å². The first-order chi connectivity index (χ1) is 16.8. The average molecular weight is 480 g/mol. The first-order valence-electron chi connectivity index (χ1n) is 10.7. The van der Waals surface area contributed by atoms with Crippen LogP contribution in [0.15, 0.2) is 60.8 Å². The molecule has 35 heavy (non-hydrogen) atoms. The summed E-state index contributed by atoms with van der Waals surface area (Å²) in [7, 11) is 1.52. The van der Waals surface area contributed by atoms with Crippen molar-refractivity contribution in [2.75, 3.05) is 12.4 Å². The van der Waals surface area contributed by atoms with Crippen LogP contribution in [0.4, 0.5) is 14.5 Å². The zero-order valence-corrected chi connectivity index (χ0v) is 19.2. The average Bonchev–Trinajstić information content (AvgIpc) is 3.27. The van der Waals surface area contributed by atoms with E-state index in [1.807, 2.05) is 0 Å². The Morgan fingerprint density at radius 2 is 1.71 bits per heavy atom. The van der Waals surface area contributed by atoms with Crippen LogP contribution in [0.1, 0.15) is 46.7 Å². The molecule has 0 saturated heterocycles. The summed E-state index contributed by atoms with van der Waals surface area (Å²) in [5, 5.41) is 6.64. The van der Waals surface area contributed by atoms with Gasteiger partial charge in [-0.15, -0.1) is 0 Å². The third kappa shape index (κ3) is 5.11. The summed E-state index contributed by atoms with van der Waals surface area (Å²) < 4.78 is 38.8. The molecule has 2 aromatic heterocycles. The number of methoxy groups -OCH3 is 1. The standard InChI is InChI=1S/C25H22F2N4O4/c1-14(2)35-25(33)16-4-8-17(9-5-16)29-24(32)19-13-28-31-21(22(26)27)12-20(30-23(19)31)15-6-10-18(34-3)11-7-15/h4-14,22H,1-3H3,(H,29,32). The lowest BCUT2D eigenvalue weighted by Gasteiger charge is -2.10. The van der Waals surface area contributed by atoms with Crippen molar-refractivity contribution in [3.63, 3.8) is 0 Å². The Hall–Kier alpha value is -4.34. The Balaban J connectivity index is 1.65. The van der Waals surface area contributed by atoms with Crippen molar-refractivity contribution in [2.45, 2.75) is 26.4 Å². The summed E-state index contributed by atoms with van der Waals surface area (Å²) in [6.45, 7) is 3.49. The number of carbonyl (C=O) groups is 2. The van der Waals surface area contributed by atoms with Crippen molar-refractivity contribution >= 4 is 23.2 Å². The number of hydrogen-bond acceptors (Lipinski definition) is 6. The topological polar surface area (TPSA) is 94.8 Å². The second kappa shape index (κ2) is 9.88. The van der Waals surface area contributed by atoms with Gasteiger partial charge in [-0.1, -0.05) is 0 Å². The van der Waals surface area contributed by atoms with E-state index in [0.29, 0.717) is 22.6 Å². The quantitative estimate of drug-likeness (QED) is 0.367. The fraction of sp³-hybridized carbons (Fsp3) is 0.200. The smallest absolute Gasteiger partial charge is 0.338 e. The summed E-state index contributed by atoms with van der Waals surface area (Å²) in [5.41, 5.74) is 1.18. The van der Waals surface area contributed by atoms with Gasteiger partial charge in [0.15, 0.2) is 5.65 Å². The lowest BCUT2D eigenvalue weighted by atomic mass is 10.1. The number of nitrogens with one attached hydrogen (secondary N) is 1. The van der Waals surface area contributed by atoms with Gasteiger partial charge in [-0.05, 0) is 68.4 Å². The molecule has 0 atom stereocenters. The van der Waals surface area contributed by atoms with Crippen LogP contribution in [0, 0.1) is 0 Å². The van der Waals surface area contributed by atoms with Crippen molar-refractivity contribution in [3.05, 3.63) is 77.6 Å². The minimum Gasteiger partial charge on any atom is -0.497 e. The lowest BCUT2D eigenvalue weighted by molar-refractivity contribution is 0.0378. The Morgan fingerprint density at radius 1 is 1.03 bits per heavy atom. The van der Waals surface area contributed by atoms with Crippen LogP contribution in [0.2, 0.25) is 0 Å². The van der Waals surface area contributed by atoms with Crippen LogP contribution < -0.4 is 10.1 Å². The Labute approximate surface area is 199 Å². The highest BCUT2D eigenvalue weighted by Crippen LogP contribution is 2.28. The number of rotatable bonds is 7. The van der Waals surface area contributed by atoms with Gasteiger partial charge < -0.3 is 14.8 Å². The van der Waals surface area contributed by atoms with E-state index < -0.39 is 24.0 Å². The number of alkyl halides is 2. The molecule has 10 heteroatoms. The molecule has 2 aromatic carbocycles. The third-order valence-electron chi connectivity index (χ3n) is 5.07. The summed E-state index contributed by atoms with van der Waals surface area (Å²) in [6.07, 6.45) is -1.91. The predicted octanol–water partition coefficient (Wildman–Crippen LogP) is 5.16. The Morgan fingerprint density at radius 3 is 2.31 bits per heavy atom. The van der Waals surface area contributed by atoms with E-state index in [-0.39, 0.29) is 23.0 Å². The van der Waals surface area contributed by atoms with Gasteiger partial charge in [-0.2, -0.15) is 5.10 Å². The number of fused-ring (bicyclic) bond motifs is 1. The van der Waals surface area contributed by atoms with Gasteiger partial charge in [0.05, 0.1) is 30.7 Å². The zero-order chi connectivity index (χ0) is 25.1. The number of amides is 1. The Bertz CT molecular complexity index is 1370. The van der Waals surface area contributed by atoms with Gasteiger partial charge in [0.25, 0.3) is 12.3 Å². The van der Waals surface area contributed by atoms with Crippen LogP contribution in [0.25, 0.3) is 16.9 Å². The monoisotopic (exact) mass is 480 g/mol. The highest BCUT2D eigenvalue weighted by molar-refractivity contribution is 6.08. The zero-order valence-electron chi connectivity index (χ0n) is 19.2. The molecule has 0 unspecified atom stereocenters. The fourth-order valence-corrected chi connectivity index (χ4v) is 3.38. The van der Waals surface area contributed by atoms with Gasteiger partial charge in [-0.25, -0.2) is 23.1 Å². The summed E-state index contributed by atoms with van der Waals surface area (Å²) in [5.74, 6) is -0.454. The molecule has 4 rings (SSSR count). The molecule has 0 aliphatic rings. The fourth-order valence-electron chi connectivity index (χ4n) is 3.38. The van der Waals surface area contributed by atoms with E-state index in [9.17, 15) is 18.4 Å². The largest absolute Gasteiger partial charge is 0.497 e. The van der Waals surface area contributed by atoms with Gasteiger partial charge in [0.1, 0.15) is 17.0 Å². The molecule has 1 N–H and O–H groups in total. The lowest BCUT2D eigenvalue weighted by Crippen LogP contribution is -2.14. The highest BCUT2D eigenvalue weighted by atomic mass is 19.3. The number of esters is 1. The van der Waals surface area contributed by atoms with Gasteiger partial charge in [0, 0.05) is 11.3 Å². The van der Waals surface area contributed by atoms with Crippen LogP contribution in [-0.2, 0) is 4.74 Å². The maximum absolute atomic E-state index is 13.8. The van der Waals surface area contributed by atoms with Crippen LogP contribution >= 0.6 is 0 Å². The second-order valence-corrected chi connectivity index (χ2v) is 7.87. The first-order valence-corrected chi connectivity index (χ1v) is 10.7. The van der Waals surface area contributed by atoms with Crippen molar-refractivity contribution in [1.82, 2.24) is 14.6 Å². The maximum Gasteiger partial charge on any atom is 0.338 e. The molecule has 4 aromatic rings. The van der Waals surface area contributed by atoms with E-state index in [0.717, 1.165) is 4.52 Å². The van der Waals surface area contributed by atoms with Crippen molar-refractivity contribution in [1.29, 1.82) is 0 Å². The molecule has 180 valence electrons. The number of carbonyl (C=O) groups excluding carboxylic acids is 2. The predicted molar refractivity (Wildman–Crippen MR) is 125 cm³/mol. The van der Waals surface area contributed by atoms with Gasteiger partial charge in [0.2, 0.25) is 0 Å². The molecule has 0 fully saturated rings. The highest BCUT2D eigenvalue weighted by Gasteiger charge is 2.22. The minimum absolute atomic E-state index is 0.0109. The molecule has 0 aliphatic carbocycles. The van der Waals surface area contributed by atoms with Crippen molar-refractivity contribution in [2.24, 2.45) is 0 Å². The number of anilines is 1. The maximum atomic E-state index is 13.8. The molecule has 8 nitrogen and oxygen atoms in total. The summed E-state index contributed by atoms with van der Waals surface area (Å²) >= 11 is 0. The summed E-state index contributed by atoms with van der Waals surface area (Å²) in [6, 6.07) is 14.1. The number of nitrogens with zero attached hydrogens (tertiary/aromatic N) is 3. The summed E-state index contributed by atoms with van der Waals surface area (Å²) in [4.78, 5) is 29.4. The number of ether oxygens (including phenoxy) is 2. The molecular formula is C25H22F2N4O4. The van der Waals surface area contributed by atoms with Gasteiger partial charge in [-0.3, -0.25) is 4.79 Å². The Kier molecular flexibility index (Phi) is 6.72. The molecule has 0 aliphatic heterocycles.